The van der Waals surface area contributed by atoms with Crippen LogP contribution in [0.15, 0.2) is 15.9 Å². The first kappa shape index (κ1) is 11.8. The molecule has 0 radical (unpaired) electrons. The van der Waals surface area contributed by atoms with Gasteiger partial charge in [-0.2, -0.15) is 0 Å². The number of hydrogen-bond acceptors (Lipinski definition) is 1. The van der Waals surface area contributed by atoms with E-state index in [4.69, 9.17) is 23.2 Å². The minimum absolute atomic E-state index is 0.0212. The molecule has 0 saturated carbocycles. The first-order valence-electron chi connectivity index (χ1n) is 3.94. The number of rotatable bonds is 4. The molecule has 0 aliphatic rings. The normalized spacial score (nSPS) is 12.0. The highest BCUT2D eigenvalue weighted by Crippen LogP contribution is 2.30. The SMILES string of the molecule is CC(CCl)(CCl)Cc1cc(Br)cs1. The average Bonchev–Trinajstić information content (AvgIpc) is 2.51. The minimum Gasteiger partial charge on any atom is -0.148 e. The Morgan fingerprint density at radius 1 is 1.46 bits per heavy atom. The van der Waals surface area contributed by atoms with Crippen molar-refractivity contribution in [2.45, 2.75) is 13.3 Å². The number of halogens is 3. The number of hydrogen-bond donors (Lipinski definition) is 0. The molecule has 74 valence electrons. The summed E-state index contributed by atoms with van der Waals surface area (Å²) in [7, 11) is 0. The molecule has 0 saturated heterocycles. The van der Waals surface area contributed by atoms with Crippen molar-refractivity contribution >= 4 is 50.5 Å². The molecule has 0 bridgehead atoms. The molecule has 0 aliphatic carbocycles. The summed E-state index contributed by atoms with van der Waals surface area (Å²) >= 11 is 16.9. The number of alkyl halides is 2. The molecule has 13 heavy (non-hydrogen) atoms. The van der Waals surface area contributed by atoms with E-state index in [-0.39, 0.29) is 5.41 Å². The van der Waals surface area contributed by atoms with Gasteiger partial charge in [-0.05, 0) is 33.8 Å². The lowest BCUT2D eigenvalue weighted by molar-refractivity contribution is 0.428. The first-order chi connectivity index (χ1) is 6.09. The summed E-state index contributed by atoms with van der Waals surface area (Å²) in [6.45, 7) is 2.11. The largest absolute Gasteiger partial charge is 0.148 e. The summed E-state index contributed by atoms with van der Waals surface area (Å²) in [5, 5.41) is 2.08. The molecule has 0 aromatic carbocycles. The van der Waals surface area contributed by atoms with Gasteiger partial charge in [-0.25, -0.2) is 0 Å². The Kier molecular flexibility index (Phi) is 4.56. The van der Waals surface area contributed by atoms with Gasteiger partial charge in [0.15, 0.2) is 0 Å². The topological polar surface area (TPSA) is 0 Å². The van der Waals surface area contributed by atoms with Gasteiger partial charge in [0.05, 0.1) is 0 Å². The van der Waals surface area contributed by atoms with Crippen LogP contribution in [0.3, 0.4) is 0 Å². The van der Waals surface area contributed by atoms with Gasteiger partial charge >= 0.3 is 0 Å². The van der Waals surface area contributed by atoms with Crippen LogP contribution in [0, 0.1) is 5.41 Å². The molecule has 0 aliphatic heterocycles. The quantitative estimate of drug-likeness (QED) is 0.716. The summed E-state index contributed by atoms with van der Waals surface area (Å²) in [4.78, 5) is 1.33. The van der Waals surface area contributed by atoms with E-state index < -0.39 is 0 Å². The lowest BCUT2D eigenvalue weighted by atomic mass is 9.91. The summed E-state index contributed by atoms with van der Waals surface area (Å²) in [6.07, 6.45) is 0.955. The maximum absolute atomic E-state index is 5.87. The van der Waals surface area contributed by atoms with Crippen LogP contribution in [0.2, 0.25) is 0 Å². The van der Waals surface area contributed by atoms with Crippen LogP contribution in [0.25, 0.3) is 0 Å². The Labute approximate surface area is 101 Å². The van der Waals surface area contributed by atoms with Gasteiger partial charge in [-0.15, -0.1) is 34.5 Å². The fourth-order valence-corrected chi connectivity index (χ4v) is 3.14. The van der Waals surface area contributed by atoms with E-state index >= 15 is 0 Å². The molecular formula is C9H11BrCl2S. The lowest BCUT2D eigenvalue weighted by Crippen LogP contribution is -2.23. The Bertz CT molecular complexity index is 268. The zero-order chi connectivity index (χ0) is 9.90. The van der Waals surface area contributed by atoms with E-state index in [0.717, 1.165) is 10.9 Å². The second-order valence-electron chi connectivity index (χ2n) is 3.49. The molecule has 1 aromatic rings. The molecular weight excluding hydrogens is 291 g/mol. The maximum Gasteiger partial charge on any atom is 0.0292 e. The van der Waals surface area contributed by atoms with Crippen molar-refractivity contribution in [1.82, 2.24) is 0 Å². The number of thiophene rings is 1. The Balaban J connectivity index is 2.67. The van der Waals surface area contributed by atoms with E-state index in [9.17, 15) is 0 Å². The average molecular weight is 302 g/mol. The van der Waals surface area contributed by atoms with E-state index in [0.29, 0.717) is 11.8 Å². The van der Waals surface area contributed by atoms with Crippen LogP contribution in [0.5, 0.6) is 0 Å². The van der Waals surface area contributed by atoms with Crippen molar-refractivity contribution in [2.75, 3.05) is 11.8 Å². The fourth-order valence-electron chi connectivity index (χ4n) is 0.997. The van der Waals surface area contributed by atoms with Gasteiger partial charge in [-0.1, -0.05) is 6.92 Å². The standard InChI is InChI=1S/C9H11BrCl2S/c1-9(5-11,6-12)3-8-2-7(10)4-13-8/h2,4H,3,5-6H2,1H3. The second kappa shape index (κ2) is 5.01. The molecule has 1 heterocycles. The molecule has 0 nitrogen and oxygen atoms in total. The zero-order valence-electron chi connectivity index (χ0n) is 7.32. The minimum atomic E-state index is 0.0212. The van der Waals surface area contributed by atoms with Gasteiger partial charge in [0.25, 0.3) is 0 Å². The molecule has 1 rings (SSSR count). The molecule has 0 N–H and O–H groups in total. The van der Waals surface area contributed by atoms with Gasteiger partial charge in [-0.3, -0.25) is 0 Å². The van der Waals surface area contributed by atoms with Crippen LogP contribution in [0.1, 0.15) is 11.8 Å². The zero-order valence-corrected chi connectivity index (χ0v) is 11.2. The molecule has 1 aromatic heterocycles. The van der Waals surface area contributed by atoms with E-state index in [1.807, 2.05) is 0 Å². The van der Waals surface area contributed by atoms with Gasteiger partial charge in [0.2, 0.25) is 0 Å². The Morgan fingerprint density at radius 2 is 2.08 bits per heavy atom. The summed E-state index contributed by atoms with van der Waals surface area (Å²) in [5.41, 5.74) is 0.0212. The third-order valence-corrected chi connectivity index (χ3v) is 4.86. The van der Waals surface area contributed by atoms with Crippen LogP contribution >= 0.6 is 50.5 Å². The van der Waals surface area contributed by atoms with Crippen LogP contribution in [-0.2, 0) is 6.42 Å². The summed E-state index contributed by atoms with van der Waals surface area (Å²) in [5.74, 6) is 1.21. The van der Waals surface area contributed by atoms with Crippen molar-refractivity contribution in [3.05, 3.63) is 20.8 Å². The van der Waals surface area contributed by atoms with Gasteiger partial charge in [0, 0.05) is 26.5 Å². The maximum atomic E-state index is 5.87. The first-order valence-corrected chi connectivity index (χ1v) is 6.69. The summed E-state index contributed by atoms with van der Waals surface area (Å²) in [6, 6.07) is 2.13. The molecule has 0 spiro atoms. The third-order valence-electron chi connectivity index (χ3n) is 1.87. The highest BCUT2D eigenvalue weighted by molar-refractivity contribution is 9.10. The molecule has 0 amide bonds. The molecule has 0 atom stereocenters. The monoisotopic (exact) mass is 300 g/mol. The third kappa shape index (κ3) is 3.43. The van der Waals surface area contributed by atoms with Crippen LogP contribution in [0.4, 0.5) is 0 Å². The smallest absolute Gasteiger partial charge is 0.0292 e. The van der Waals surface area contributed by atoms with Crippen molar-refractivity contribution in [3.63, 3.8) is 0 Å². The molecule has 0 fully saturated rings. The Hall–Kier alpha value is 0.760. The van der Waals surface area contributed by atoms with Crippen molar-refractivity contribution in [2.24, 2.45) is 5.41 Å². The lowest BCUT2D eigenvalue weighted by Gasteiger charge is -2.22. The van der Waals surface area contributed by atoms with Gasteiger partial charge < -0.3 is 0 Å². The Morgan fingerprint density at radius 3 is 2.46 bits per heavy atom. The van der Waals surface area contributed by atoms with E-state index in [1.165, 1.54) is 4.88 Å². The highest BCUT2D eigenvalue weighted by Gasteiger charge is 2.23. The van der Waals surface area contributed by atoms with Crippen molar-refractivity contribution < 1.29 is 0 Å². The van der Waals surface area contributed by atoms with Gasteiger partial charge in [0.1, 0.15) is 0 Å². The van der Waals surface area contributed by atoms with Crippen LogP contribution in [-0.4, -0.2) is 11.8 Å². The van der Waals surface area contributed by atoms with Crippen LogP contribution < -0.4 is 0 Å². The predicted octanol–water partition coefficient (Wildman–Crippen LogP) is 4.54. The molecule has 4 heteroatoms. The predicted molar refractivity (Wildman–Crippen MR) is 65.3 cm³/mol. The van der Waals surface area contributed by atoms with E-state index in [1.54, 1.807) is 11.3 Å². The van der Waals surface area contributed by atoms with E-state index in [2.05, 4.69) is 34.3 Å². The van der Waals surface area contributed by atoms with Crippen molar-refractivity contribution in [1.29, 1.82) is 0 Å². The highest BCUT2D eigenvalue weighted by atomic mass is 79.9. The second-order valence-corrected chi connectivity index (χ2v) is 5.93. The fraction of sp³-hybridized carbons (Fsp3) is 0.556. The van der Waals surface area contributed by atoms with Crippen molar-refractivity contribution in [3.8, 4) is 0 Å². The summed E-state index contributed by atoms with van der Waals surface area (Å²) < 4.78 is 1.14. The molecule has 0 unspecified atom stereocenters.